The zero-order valence-corrected chi connectivity index (χ0v) is 11.0. The first-order valence-electron chi connectivity index (χ1n) is 6.21. The van der Waals surface area contributed by atoms with Gasteiger partial charge in [0.2, 0.25) is 0 Å². The third kappa shape index (κ3) is 3.31. The third-order valence-corrected chi connectivity index (χ3v) is 3.68. The zero-order valence-electron chi connectivity index (χ0n) is 10.2. The maximum Gasteiger partial charge on any atom is 0.0345 e. The molecule has 2 rings (SSSR count). The smallest absolute Gasteiger partial charge is 0.0345 e. The summed E-state index contributed by atoms with van der Waals surface area (Å²) in [4.78, 5) is 1.37. The van der Waals surface area contributed by atoms with Crippen molar-refractivity contribution in [1.82, 2.24) is 0 Å². The fraction of sp³-hybridized carbons (Fsp3) is 0.250. The Labute approximate surface area is 108 Å². The topological polar surface area (TPSA) is 0 Å². The number of hydrogen-bond acceptors (Lipinski definition) is 1. The molecule has 0 radical (unpaired) electrons. The molecule has 0 atom stereocenters. The van der Waals surface area contributed by atoms with E-state index in [0.29, 0.717) is 0 Å². The van der Waals surface area contributed by atoms with Crippen molar-refractivity contribution in [3.8, 4) is 0 Å². The molecular formula is C16H18S. The number of allylic oxidation sites excluding steroid dienone is 1. The van der Waals surface area contributed by atoms with E-state index in [1.165, 1.54) is 35.3 Å². The highest BCUT2D eigenvalue weighted by molar-refractivity contribution is 7.11. The van der Waals surface area contributed by atoms with E-state index in [9.17, 15) is 0 Å². The first-order valence-corrected chi connectivity index (χ1v) is 7.09. The van der Waals surface area contributed by atoms with E-state index in [1.54, 1.807) is 0 Å². The minimum absolute atomic E-state index is 1.17. The summed E-state index contributed by atoms with van der Waals surface area (Å²) in [7, 11) is 0. The van der Waals surface area contributed by atoms with Crippen LogP contribution in [-0.4, -0.2) is 0 Å². The molecule has 0 bridgehead atoms. The Morgan fingerprint density at radius 2 is 1.94 bits per heavy atom. The molecule has 0 aliphatic heterocycles. The van der Waals surface area contributed by atoms with Gasteiger partial charge in [-0.1, -0.05) is 62.2 Å². The summed E-state index contributed by atoms with van der Waals surface area (Å²) in [6, 6.07) is 15.0. The summed E-state index contributed by atoms with van der Waals surface area (Å²) in [6.07, 6.45) is 6.06. The fourth-order valence-corrected chi connectivity index (χ4v) is 2.65. The summed E-state index contributed by atoms with van der Waals surface area (Å²) >= 11 is 1.82. The van der Waals surface area contributed by atoms with Gasteiger partial charge in [-0.2, -0.15) is 0 Å². The van der Waals surface area contributed by atoms with E-state index in [2.05, 4.69) is 60.8 Å². The molecule has 17 heavy (non-hydrogen) atoms. The maximum absolute atomic E-state index is 2.38. The van der Waals surface area contributed by atoms with Gasteiger partial charge in [-0.05, 0) is 29.0 Å². The van der Waals surface area contributed by atoms with Crippen LogP contribution in [0.4, 0.5) is 0 Å². The molecule has 1 heterocycles. The van der Waals surface area contributed by atoms with E-state index < -0.39 is 0 Å². The van der Waals surface area contributed by atoms with Crippen molar-refractivity contribution in [1.29, 1.82) is 0 Å². The summed E-state index contributed by atoms with van der Waals surface area (Å²) in [5.41, 5.74) is 2.71. The summed E-state index contributed by atoms with van der Waals surface area (Å²) < 4.78 is 0. The van der Waals surface area contributed by atoms with Crippen LogP contribution < -0.4 is 0 Å². The second kappa shape index (κ2) is 6.41. The van der Waals surface area contributed by atoms with E-state index in [1.807, 2.05) is 11.3 Å². The van der Waals surface area contributed by atoms with E-state index >= 15 is 0 Å². The lowest BCUT2D eigenvalue weighted by molar-refractivity contribution is 0.815. The number of rotatable bonds is 5. The molecule has 0 unspecified atom stereocenters. The summed E-state index contributed by atoms with van der Waals surface area (Å²) in [5.74, 6) is 0. The first-order chi connectivity index (χ1) is 8.42. The summed E-state index contributed by atoms with van der Waals surface area (Å²) in [6.45, 7) is 2.24. The zero-order chi connectivity index (χ0) is 11.9. The Morgan fingerprint density at radius 3 is 2.59 bits per heavy atom. The van der Waals surface area contributed by atoms with Gasteiger partial charge in [-0.25, -0.2) is 0 Å². The fourth-order valence-electron chi connectivity index (χ4n) is 1.86. The molecule has 0 N–H and O–H groups in total. The molecule has 0 aliphatic rings. The molecule has 0 saturated carbocycles. The van der Waals surface area contributed by atoms with Crippen molar-refractivity contribution >= 4 is 16.9 Å². The normalized spacial score (nSPS) is 11.7. The van der Waals surface area contributed by atoms with Gasteiger partial charge in [0, 0.05) is 4.88 Å². The van der Waals surface area contributed by atoms with Crippen LogP contribution in [0.15, 0.2) is 53.9 Å². The SMILES string of the molecule is CCCC/C=C(\c1ccccc1)c1cccs1. The van der Waals surface area contributed by atoms with Crippen molar-refractivity contribution in [2.45, 2.75) is 26.2 Å². The van der Waals surface area contributed by atoms with Gasteiger partial charge in [0.15, 0.2) is 0 Å². The third-order valence-electron chi connectivity index (χ3n) is 2.78. The van der Waals surface area contributed by atoms with Crippen molar-refractivity contribution < 1.29 is 0 Å². The number of thiophene rings is 1. The molecule has 2 aromatic rings. The van der Waals surface area contributed by atoms with Crippen molar-refractivity contribution in [2.24, 2.45) is 0 Å². The molecule has 1 aromatic heterocycles. The van der Waals surface area contributed by atoms with Crippen LogP contribution in [0.5, 0.6) is 0 Å². The van der Waals surface area contributed by atoms with Gasteiger partial charge in [-0.3, -0.25) is 0 Å². The molecule has 88 valence electrons. The predicted octanol–water partition coefficient (Wildman–Crippen LogP) is 5.37. The van der Waals surface area contributed by atoms with Crippen LogP contribution >= 0.6 is 11.3 Å². The quantitative estimate of drug-likeness (QED) is 0.618. The summed E-state index contributed by atoms with van der Waals surface area (Å²) in [5, 5.41) is 2.14. The maximum atomic E-state index is 2.38. The number of benzene rings is 1. The van der Waals surface area contributed by atoms with Crippen LogP contribution in [0.25, 0.3) is 5.57 Å². The Balaban J connectivity index is 2.28. The minimum atomic E-state index is 1.17. The lowest BCUT2D eigenvalue weighted by atomic mass is 10.0. The van der Waals surface area contributed by atoms with Gasteiger partial charge >= 0.3 is 0 Å². The Bertz CT molecular complexity index is 452. The van der Waals surface area contributed by atoms with Crippen LogP contribution in [0.2, 0.25) is 0 Å². The highest BCUT2D eigenvalue weighted by Gasteiger charge is 2.04. The number of unbranched alkanes of at least 4 members (excludes halogenated alkanes) is 2. The average Bonchev–Trinajstić information content (AvgIpc) is 2.89. The van der Waals surface area contributed by atoms with Crippen LogP contribution in [0.1, 0.15) is 36.6 Å². The van der Waals surface area contributed by atoms with E-state index in [4.69, 9.17) is 0 Å². The second-order valence-corrected chi connectivity index (χ2v) is 5.05. The van der Waals surface area contributed by atoms with Crippen molar-refractivity contribution in [3.05, 3.63) is 64.4 Å². The van der Waals surface area contributed by atoms with Crippen LogP contribution in [-0.2, 0) is 0 Å². The van der Waals surface area contributed by atoms with Gasteiger partial charge in [0.05, 0.1) is 0 Å². The monoisotopic (exact) mass is 242 g/mol. The van der Waals surface area contributed by atoms with Gasteiger partial charge < -0.3 is 0 Å². The van der Waals surface area contributed by atoms with Gasteiger partial charge in [0.1, 0.15) is 0 Å². The Hall–Kier alpha value is -1.34. The largest absolute Gasteiger partial charge is 0.144 e. The molecule has 0 saturated heterocycles. The highest BCUT2D eigenvalue weighted by atomic mass is 32.1. The lowest BCUT2D eigenvalue weighted by Crippen LogP contribution is -1.84. The van der Waals surface area contributed by atoms with E-state index in [-0.39, 0.29) is 0 Å². The molecule has 1 heteroatoms. The van der Waals surface area contributed by atoms with Crippen molar-refractivity contribution in [3.63, 3.8) is 0 Å². The van der Waals surface area contributed by atoms with Crippen LogP contribution in [0, 0.1) is 0 Å². The standard InChI is InChI=1S/C16H18S/c1-2-3-5-11-15(16-12-8-13-17-16)14-9-6-4-7-10-14/h4,6-13H,2-3,5H2,1H3/b15-11+. The first kappa shape index (κ1) is 12.1. The second-order valence-electron chi connectivity index (χ2n) is 4.10. The van der Waals surface area contributed by atoms with Gasteiger partial charge in [-0.15, -0.1) is 11.3 Å². The molecule has 0 nitrogen and oxygen atoms in total. The molecule has 0 aliphatic carbocycles. The molecule has 1 aromatic carbocycles. The number of hydrogen-bond donors (Lipinski definition) is 0. The molecular weight excluding hydrogens is 224 g/mol. The molecule has 0 spiro atoms. The van der Waals surface area contributed by atoms with Gasteiger partial charge in [0.25, 0.3) is 0 Å². The van der Waals surface area contributed by atoms with E-state index in [0.717, 1.165) is 0 Å². The Morgan fingerprint density at radius 1 is 1.12 bits per heavy atom. The highest BCUT2D eigenvalue weighted by Crippen LogP contribution is 2.27. The molecule has 0 amide bonds. The Kier molecular flexibility index (Phi) is 4.57. The van der Waals surface area contributed by atoms with Crippen LogP contribution in [0.3, 0.4) is 0 Å². The lowest BCUT2D eigenvalue weighted by Gasteiger charge is -2.05. The predicted molar refractivity (Wildman–Crippen MR) is 77.4 cm³/mol. The van der Waals surface area contributed by atoms with Crippen molar-refractivity contribution in [2.75, 3.05) is 0 Å². The molecule has 0 fully saturated rings. The average molecular weight is 242 g/mol. The minimum Gasteiger partial charge on any atom is -0.144 e.